The van der Waals surface area contributed by atoms with Gasteiger partial charge in [-0.25, -0.2) is 4.72 Å². The highest BCUT2D eigenvalue weighted by atomic mass is 32.2. The first kappa shape index (κ1) is 13.9. The van der Waals surface area contributed by atoms with Crippen molar-refractivity contribution < 1.29 is 8.42 Å². The maximum absolute atomic E-state index is 11.8. The Morgan fingerprint density at radius 2 is 2.06 bits per heavy atom. The minimum Gasteiger partial charge on any atom is -0.324 e. The van der Waals surface area contributed by atoms with Crippen molar-refractivity contribution in [1.29, 1.82) is 0 Å². The third kappa shape index (κ3) is 3.69. The highest BCUT2D eigenvalue weighted by Gasteiger charge is 2.34. The molecule has 0 aromatic rings. The van der Waals surface area contributed by atoms with Gasteiger partial charge in [0, 0.05) is 25.7 Å². The summed E-state index contributed by atoms with van der Waals surface area (Å²) in [6.45, 7) is 2.95. The number of rotatable bonds is 7. The van der Waals surface area contributed by atoms with Crippen molar-refractivity contribution in [2.75, 3.05) is 20.1 Å². The lowest BCUT2D eigenvalue weighted by Gasteiger charge is -2.38. The second-order valence-electron chi connectivity index (χ2n) is 4.72. The van der Waals surface area contributed by atoms with Crippen LogP contribution in [-0.2, 0) is 10.2 Å². The molecule has 1 saturated carbocycles. The van der Waals surface area contributed by atoms with Gasteiger partial charge in [-0.05, 0) is 25.7 Å². The van der Waals surface area contributed by atoms with E-state index in [1.54, 1.807) is 7.05 Å². The van der Waals surface area contributed by atoms with E-state index in [4.69, 9.17) is 5.73 Å². The molecule has 6 heteroatoms. The van der Waals surface area contributed by atoms with E-state index in [0.717, 1.165) is 32.1 Å². The fourth-order valence-corrected chi connectivity index (χ4v) is 2.71. The molecule has 1 aliphatic carbocycles. The SMILES string of the molecule is CCCCN(C)S(=O)(=O)NCC1(N)CCC1. The molecule has 0 aromatic carbocycles. The van der Waals surface area contributed by atoms with E-state index >= 15 is 0 Å². The van der Waals surface area contributed by atoms with Gasteiger partial charge in [-0.1, -0.05) is 13.3 Å². The van der Waals surface area contributed by atoms with Crippen molar-refractivity contribution in [2.45, 2.75) is 44.6 Å². The highest BCUT2D eigenvalue weighted by Crippen LogP contribution is 2.28. The van der Waals surface area contributed by atoms with Crippen molar-refractivity contribution in [1.82, 2.24) is 9.03 Å². The first-order valence-electron chi connectivity index (χ1n) is 5.89. The summed E-state index contributed by atoms with van der Waals surface area (Å²) in [5.41, 5.74) is 5.66. The molecule has 96 valence electrons. The monoisotopic (exact) mass is 249 g/mol. The van der Waals surface area contributed by atoms with Gasteiger partial charge >= 0.3 is 0 Å². The Kier molecular flexibility index (Phi) is 4.73. The maximum Gasteiger partial charge on any atom is 0.279 e. The second-order valence-corrected chi connectivity index (χ2v) is 6.58. The third-order valence-electron chi connectivity index (χ3n) is 3.19. The predicted octanol–water partition coefficient (Wildman–Crippen LogP) is 0.434. The van der Waals surface area contributed by atoms with Crippen LogP contribution in [0.4, 0.5) is 0 Å². The second kappa shape index (κ2) is 5.44. The standard InChI is InChI=1S/C10H23N3O2S/c1-3-4-8-13(2)16(14,15)12-9-10(11)6-5-7-10/h12H,3-9,11H2,1-2H3. The first-order valence-corrected chi connectivity index (χ1v) is 7.33. The van der Waals surface area contributed by atoms with Gasteiger partial charge in [0.15, 0.2) is 0 Å². The molecule has 0 unspecified atom stereocenters. The first-order chi connectivity index (χ1) is 7.40. The summed E-state index contributed by atoms with van der Waals surface area (Å²) >= 11 is 0. The van der Waals surface area contributed by atoms with Crippen LogP contribution in [0.1, 0.15) is 39.0 Å². The molecule has 3 N–H and O–H groups in total. The molecule has 0 bridgehead atoms. The van der Waals surface area contributed by atoms with E-state index in [9.17, 15) is 8.42 Å². The Hall–Kier alpha value is -0.170. The number of nitrogens with zero attached hydrogens (tertiary/aromatic N) is 1. The van der Waals surface area contributed by atoms with Crippen LogP contribution in [0.3, 0.4) is 0 Å². The molecule has 5 nitrogen and oxygen atoms in total. The van der Waals surface area contributed by atoms with Gasteiger partial charge in [-0.3, -0.25) is 0 Å². The van der Waals surface area contributed by atoms with Crippen LogP contribution < -0.4 is 10.5 Å². The molecular weight excluding hydrogens is 226 g/mol. The largest absolute Gasteiger partial charge is 0.324 e. The van der Waals surface area contributed by atoms with Crippen LogP contribution >= 0.6 is 0 Å². The topological polar surface area (TPSA) is 75.4 Å². The molecule has 0 aliphatic heterocycles. The van der Waals surface area contributed by atoms with E-state index in [2.05, 4.69) is 4.72 Å². The summed E-state index contributed by atoms with van der Waals surface area (Å²) in [6, 6.07) is 0. The molecule has 0 atom stereocenters. The molecular formula is C10H23N3O2S. The van der Waals surface area contributed by atoms with Crippen molar-refractivity contribution in [3.8, 4) is 0 Å². The van der Waals surface area contributed by atoms with E-state index < -0.39 is 10.2 Å². The molecule has 0 saturated heterocycles. The number of hydrogen-bond acceptors (Lipinski definition) is 3. The van der Waals surface area contributed by atoms with Gasteiger partial charge in [-0.15, -0.1) is 0 Å². The zero-order valence-electron chi connectivity index (χ0n) is 10.2. The summed E-state index contributed by atoms with van der Waals surface area (Å²) in [7, 11) is -1.74. The van der Waals surface area contributed by atoms with Crippen molar-refractivity contribution >= 4 is 10.2 Å². The Labute approximate surface area is 98.6 Å². The smallest absolute Gasteiger partial charge is 0.279 e. The van der Waals surface area contributed by atoms with Gasteiger partial charge in [0.1, 0.15) is 0 Å². The highest BCUT2D eigenvalue weighted by molar-refractivity contribution is 7.87. The lowest BCUT2D eigenvalue weighted by atomic mass is 9.78. The van der Waals surface area contributed by atoms with Crippen molar-refractivity contribution in [3.63, 3.8) is 0 Å². The lowest BCUT2D eigenvalue weighted by molar-refractivity contribution is 0.249. The van der Waals surface area contributed by atoms with Crippen LogP contribution in [-0.4, -0.2) is 38.4 Å². The predicted molar refractivity (Wildman–Crippen MR) is 65.2 cm³/mol. The Morgan fingerprint density at radius 3 is 2.50 bits per heavy atom. The average molecular weight is 249 g/mol. The van der Waals surface area contributed by atoms with Crippen molar-refractivity contribution in [3.05, 3.63) is 0 Å². The number of unbranched alkanes of at least 4 members (excludes halogenated alkanes) is 1. The van der Waals surface area contributed by atoms with Gasteiger partial charge < -0.3 is 5.73 Å². The Bertz CT molecular complexity index is 312. The molecule has 0 spiro atoms. The zero-order chi connectivity index (χ0) is 12.2. The molecule has 0 amide bonds. The van der Waals surface area contributed by atoms with E-state index in [1.165, 1.54) is 4.31 Å². The van der Waals surface area contributed by atoms with Crippen molar-refractivity contribution in [2.24, 2.45) is 5.73 Å². The summed E-state index contributed by atoms with van der Waals surface area (Å²) < 4.78 is 27.5. The number of nitrogens with two attached hydrogens (primary N) is 1. The molecule has 0 radical (unpaired) electrons. The summed E-state index contributed by atoms with van der Waals surface area (Å²) in [5, 5.41) is 0. The average Bonchev–Trinajstić information content (AvgIpc) is 2.20. The van der Waals surface area contributed by atoms with Gasteiger partial charge in [-0.2, -0.15) is 12.7 Å². The molecule has 16 heavy (non-hydrogen) atoms. The van der Waals surface area contributed by atoms with E-state index in [1.807, 2.05) is 6.92 Å². The minimum atomic E-state index is -3.34. The van der Waals surface area contributed by atoms with Gasteiger partial charge in [0.2, 0.25) is 0 Å². The molecule has 0 heterocycles. The summed E-state index contributed by atoms with van der Waals surface area (Å²) in [4.78, 5) is 0. The lowest BCUT2D eigenvalue weighted by Crippen LogP contribution is -2.56. The van der Waals surface area contributed by atoms with Gasteiger partial charge in [0.25, 0.3) is 10.2 Å². The Balaban J connectivity index is 2.38. The number of hydrogen-bond donors (Lipinski definition) is 2. The van der Waals surface area contributed by atoms with Crippen LogP contribution in [0.25, 0.3) is 0 Å². The molecule has 1 rings (SSSR count). The molecule has 1 aliphatic rings. The fraction of sp³-hybridized carbons (Fsp3) is 1.00. The minimum absolute atomic E-state index is 0.307. The normalized spacial score (nSPS) is 19.8. The molecule has 0 aromatic heterocycles. The Morgan fingerprint density at radius 1 is 1.44 bits per heavy atom. The fourth-order valence-electron chi connectivity index (χ4n) is 1.65. The van der Waals surface area contributed by atoms with Crippen LogP contribution in [0.2, 0.25) is 0 Å². The van der Waals surface area contributed by atoms with E-state index in [-0.39, 0.29) is 5.54 Å². The zero-order valence-corrected chi connectivity index (χ0v) is 11.0. The van der Waals surface area contributed by atoms with E-state index in [0.29, 0.717) is 13.1 Å². The third-order valence-corrected chi connectivity index (χ3v) is 4.71. The quantitative estimate of drug-likeness (QED) is 0.687. The summed E-state index contributed by atoms with van der Waals surface area (Å²) in [5.74, 6) is 0. The van der Waals surface area contributed by atoms with Crippen LogP contribution in [0.5, 0.6) is 0 Å². The maximum atomic E-state index is 11.8. The van der Waals surface area contributed by atoms with Crippen LogP contribution in [0, 0.1) is 0 Å². The molecule has 1 fully saturated rings. The van der Waals surface area contributed by atoms with Gasteiger partial charge in [0.05, 0.1) is 0 Å². The summed E-state index contributed by atoms with van der Waals surface area (Å²) in [6.07, 6.45) is 4.79. The van der Waals surface area contributed by atoms with Crippen LogP contribution in [0.15, 0.2) is 0 Å². The number of nitrogens with one attached hydrogen (secondary N) is 1.